The van der Waals surface area contributed by atoms with Crippen LogP contribution in [0.25, 0.3) is 0 Å². The molecule has 1 aromatic rings. The number of primary amides is 1. The van der Waals surface area contributed by atoms with E-state index in [1.165, 1.54) is 0 Å². The molecule has 1 aromatic carbocycles. The molecule has 0 heterocycles. The van der Waals surface area contributed by atoms with Crippen LogP contribution in [0, 0.1) is 0 Å². The van der Waals surface area contributed by atoms with Crippen molar-refractivity contribution in [3.63, 3.8) is 0 Å². The van der Waals surface area contributed by atoms with E-state index in [9.17, 15) is 4.79 Å². The summed E-state index contributed by atoms with van der Waals surface area (Å²) in [6.45, 7) is 2.16. The Morgan fingerprint density at radius 2 is 2.07 bits per heavy atom. The van der Waals surface area contributed by atoms with Crippen molar-refractivity contribution in [2.45, 2.75) is 13.0 Å². The second-order valence-corrected chi connectivity index (χ2v) is 3.34. The first-order valence-corrected chi connectivity index (χ1v) is 4.79. The van der Waals surface area contributed by atoms with Crippen molar-refractivity contribution < 1.29 is 9.53 Å². The van der Waals surface area contributed by atoms with Crippen LogP contribution in [0.5, 0.6) is 5.75 Å². The zero-order chi connectivity index (χ0) is 11.3. The van der Waals surface area contributed by atoms with E-state index in [1.54, 1.807) is 7.11 Å². The maximum atomic E-state index is 10.6. The van der Waals surface area contributed by atoms with E-state index < -0.39 is 0 Å². The molecule has 0 aliphatic rings. The number of hydrogen-bond acceptors (Lipinski definition) is 3. The first kappa shape index (κ1) is 11.5. The smallest absolute Gasteiger partial charge is 0.231 e. The van der Waals surface area contributed by atoms with E-state index in [4.69, 9.17) is 10.5 Å². The number of carbonyl (C=O) groups is 1. The van der Waals surface area contributed by atoms with Gasteiger partial charge in [0.05, 0.1) is 13.7 Å². The molecule has 1 amide bonds. The normalized spacial score (nSPS) is 12.1. The summed E-state index contributed by atoms with van der Waals surface area (Å²) in [6, 6.07) is 7.79. The average molecular weight is 208 g/mol. The molecule has 0 aromatic heterocycles. The van der Waals surface area contributed by atoms with E-state index in [2.05, 4.69) is 5.32 Å². The van der Waals surface area contributed by atoms with Crippen molar-refractivity contribution >= 4 is 5.91 Å². The van der Waals surface area contributed by atoms with Crippen LogP contribution in [0.3, 0.4) is 0 Å². The monoisotopic (exact) mass is 208 g/mol. The highest BCUT2D eigenvalue weighted by atomic mass is 16.5. The summed E-state index contributed by atoms with van der Waals surface area (Å²) in [6.07, 6.45) is 0. The highest BCUT2D eigenvalue weighted by molar-refractivity contribution is 5.75. The Morgan fingerprint density at radius 3 is 2.53 bits per heavy atom. The summed E-state index contributed by atoms with van der Waals surface area (Å²) >= 11 is 0. The van der Waals surface area contributed by atoms with Crippen molar-refractivity contribution in [1.82, 2.24) is 5.32 Å². The minimum atomic E-state index is -0.352. The summed E-state index contributed by atoms with van der Waals surface area (Å²) in [5.74, 6) is 0.469. The number of rotatable bonds is 5. The average Bonchev–Trinajstić information content (AvgIpc) is 2.26. The molecule has 0 bridgehead atoms. The van der Waals surface area contributed by atoms with E-state index >= 15 is 0 Å². The summed E-state index contributed by atoms with van der Waals surface area (Å²) in [5, 5.41) is 3.02. The first-order valence-electron chi connectivity index (χ1n) is 4.79. The third-order valence-electron chi connectivity index (χ3n) is 2.20. The summed E-state index contributed by atoms with van der Waals surface area (Å²) in [7, 11) is 1.63. The van der Waals surface area contributed by atoms with Crippen LogP contribution >= 0.6 is 0 Å². The first-order chi connectivity index (χ1) is 7.13. The van der Waals surface area contributed by atoms with Gasteiger partial charge in [-0.25, -0.2) is 0 Å². The van der Waals surface area contributed by atoms with Gasteiger partial charge in [-0.15, -0.1) is 0 Å². The third kappa shape index (κ3) is 3.59. The molecule has 0 fully saturated rings. The summed E-state index contributed by atoms with van der Waals surface area (Å²) in [5.41, 5.74) is 6.14. The molecule has 0 aliphatic carbocycles. The van der Waals surface area contributed by atoms with Gasteiger partial charge in [-0.05, 0) is 24.6 Å². The molecule has 4 heteroatoms. The second kappa shape index (κ2) is 5.36. The topological polar surface area (TPSA) is 64.3 Å². The standard InChI is InChI=1S/C11H16N2O2/c1-8(13-7-11(12)14)9-3-5-10(15-2)6-4-9/h3-6,8,13H,7H2,1-2H3,(H2,12,14)/t8-/m1/s1. The highest BCUT2D eigenvalue weighted by Crippen LogP contribution is 2.16. The van der Waals surface area contributed by atoms with Crippen LogP contribution in [-0.4, -0.2) is 19.6 Å². The van der Waals surface area contributed by atoms with Crippen molar-refractivity contribution in [3.8, 4) is 5.75 Å². The van der Waals surface area contributed by atoms with E-state index in [1.807, 2.05) is 31.2 Å². The minimum absolute atomic E-state index is 0.100. The lowest BCUT2D eigenvalue weighted by atomic mass is 10.1. The number of carbonyl (C=O) groups excluding carboxylic acids is 1. The van der Waals surface area contributed by atoms with E-state index in [-0.39, 0.29) is 18.5 Å². The van der Waals surface area contributed by atoms with E-state index in [0.29, 0.717) is 0 Å². The van der Waals surface area contributed by atoms with Gasteiger partial charge in [-0.3, -0.25) is 4.79 Å². The molecular weight excluding hydrogens is 192 g/mol. The van der Waals surface area contributed by atoms with Gasteiger partial charge in [0.15, 0.2) is 0 Å². The Hall–Kier alpha value is -1.55. The Balaban J connectivity index is 2.57. The van der Waals surface area contributed by atoms with Crippen molar-refractivity contribution in [2.24, 2.45) is 5.73 Å². The largest absolute Gasteiger partial charge is 0.497 e. The Labute approximate surface area is 89.4 Å². The van der Waals surface area contributed by atoms with Gasteiger partial charge >= 0.3 is 0 Å². The van der Waals surface area contributed by atoms with Crippen LogP contribution in [0.2, 0.25) is 0 Å². The molecule has 1 atom stereocenters. The lowest BCUT2D eigenvalue weighted by Crippen LogP contribution is -2.30. The lowest BCUT2D eigenvalue weighted by Gasteiger charge is -2.13. The molecule has 1 rings (SSSR count). The van der Waals surface area contributed by atoms with Crippen molar-refractivity contribution in [2.75, 3.05) is 13.7 Å². The molecule has 0 radical (unpaired) electrons. The fourth-order valence-corrected chi connectivity index (χ4v) is 1.26. The predicted molar refractivity (Wildman–Crippen MR) is 58.6 cm³/mol. The molecule has 0 unspecified atom stereocenters. The number of hydrogen-bond donors (Lipinski definition) is 2. The van der Waals surface area contributed by atoms with Crippen LogP contribution in [0.1, 0.15) is 18.5 Å². The van der Waals surface area contributed by atoms with Gasteiger partial charge in [0, 0.05) is 6.04 Å². The molecule has 82 valence electrons. The van der Waals surface area contributed by atoms with Gasteiger partial charge in [0.25, 0.3) is 0 Å². The molecule has 3 N–H and O–H groups in total. The lowest BCUT2D eigenvalue weighted by molar-refractivity contribution is -0.117. The van der Waals surface area contributed by atoms with Gasteiger partial charge in [0.2, 0.25) is 5.91 Å². The van der Waals surface area contributed by atoms with Crippen LogP contribution < -0.4 is 15.8 Å². The second-order valence-electron chi connectivity index (χ2n) is 3.34. The van der Waals surface area contributed by atoms with Crippen LogP contribution in [-0.2, 0) is 4.79 Å². The summed E-state index contributed by atoms with van der Waals surface area (Å²) in [4.78, 5) is 10.6. The predicted octanol–water partition coefficient (Wildman–Crippen LogP) is 0.831. The van der Waals surface area contributed by atoms with Crippen molar-refractivity contribution in [1.29, 1.82) is 0 Å². The minimum Gasteiger partial charge on any atom is -0.497 e. The van der Waals surface area contributed by atoms with Gasteiger partial charge in [-0.2, -0.15) is 0 Å². The Morgan fingerprint density at radius 1 is 1.47 bits per heavy atom. The molecule has 15 heavy (non-hydrogen) atoms. The number of ether oxygens (including phenoxy) is 1. The summed E-state index contributed by atoms with van der Waals surface area (Å²) < 4.78 is 5.05. The quantitative estimate of drug-likeness (QED) is 0.753. The number of nitrogens with two attached hydrogens (primary N) is 1. The number of nitrogens with one attached hydrogen (secondary N) is 1. The van der Waals surface area contributed by atoms with Crippen molar-refractivity contribution in [3.05, 3.63) is 29.8 Å². The molecule has 4 nitrogen and oxygen atoms in total. The highest BCUT2D eigenvalue weighted by Gasteiger charge is 2.05. The third-order valence-corrected chi connectivity index (χ3v) is 2.20. The van der Waals surface area contributed by atoms with Gasteiger partial charge in [0.1, 0.15) is 5.75 Å². The molecule has 0 aliphatic heterocycles. The fourth-order valence-electron chi connectivity index (χ4n) is 1.26. The molecule has 0 saturated carbocycles. The SMILES string of the molecule is COc1ccc([C@@H](C)NCC(N)=O)cc1. The number of amides is 1. The number of benzene rings is 1. The molecule has 0 spiro atoms. The van der Waals surface area contributed by atoms with Gasteiger partial charge < -0.3 is 15.8 Å². The van der Waals surface area contributed by atoms with Crippen LogP contribution in [0.4, 0.5) is 0 Å². The zero-order valence-electron chi connectivity index (χ0n) is 8.99. The molecular formula is C11H16N2O2. The Bertz CT molecular complexity index is 322. The maximum absolute atomic E-state index is 10.6. The maximum Gasteiger partial charge on any atom is 0.231 e. The van der Waals surface area contributed by atoms with Gasteiger partial charge in [-0.1, -0.05) is 12.1 Å². The number of methoxy groups -OCH3 is 1. The van der Waals surface area contributed by atoms with E-state index in [0.717, 1.165) is 11.3 Å². The Kier molecular flexibility index (Phi) is 4.12. The molecule has 0 saturated heterocycles. The fraction of sp³-hybridized carbons (Fsp3) is 0.364. The zero-order valence-corrected chi connectivity index (χ0v) is 8.99. The van der Waals surface area contributed by atoms with Crippen LogP contribution in [0.15, 0.2) is 24.3 Å².